The number of benzene rings is 1. The molecule has 0 spiro atoms. The standard InChI is InChI=1S/C20H22N4O4/c1-14(25)22-15-6-8-16(9-7-15)23-18(26)13-28-20(27)17-5-4-10-21-19(17)24-11-2-3-12-24/h4-10H,2-3,11-13H2,1H3,(H,22,25)(H,23,26). The number of hydrogen-bond acceptors (Lipinski definition) is 6. The van der Waals surface area contributed by atoms with Crippen LogP contribution >= 0.6 is 0 Å². The summed E-state index contributed by atoms with van der Waals surface area (Å²) in [7, 11) is 0. The van der Waals surface area contributed by atoms with Crippen molar-refractivity contribution in [3.05, 3.63) is 48.2 Å². The number of hydrogen-bond donors (Lipinski definition) is 2. The van der Waals surface area contributed by atoms with Crippen molar-refractivity contribution in [2.24, 2.45) is 0 Å². The van der Waals surface area contributed by atoms with E-state index in [9.17, 15) is 14.4 Å². The molecule has 0 atom stereocenters. The van der Waals surface area contributed by atoms with E-state index in [0.717, 1.165) is 25.9 Å². The van der Waals surface area contributed by atoms with Crippen LogP contribution in [0.5, 0.6) is 0 Å². The van der Waals surface area contributed by atoms with E-state index in [4.69, 9.17) is 4.74 Å². The molecule has 1 fully saturated rings. The highest BCUT2D eigenvalue weighted by molar-refractivity contribution is 5.98. The van der Waals surface area contributed by atoms with Gasteiger partial charge in [-0.2, -0.15) is 0 Å². The largest absolute Gasteiger partial charge is 0.452 e. The van der Waals surface area contributed by atoms with Crippen LogP contribution in [0.2, 0.25) is 0 Å². The molecule has 1 aromatic heterocycles. The second-order valence-electron chi connectivity index (χ2n) is 6.45. The van der Waals surface area contributed by atoms with Gasteiger partial charge in [-0.1, -0.05) is 0 Å². The quantitative estimate of drug-likeness (QED) is 0.744. The number of amides is 2. The highest BCUT2D eigenvalue weighted by Crippen LogP contribution is 2.22. The Balaban J connectivity index is 1.55. The lowest BCUT2D eigenvalue weighted by Crippen LogP contribution is -2.24. The summed E-state index contributed by atoms with van der Waals surface area (Å²) in [6, 6.07) is 9.96. The first-order valence-corrected chi connectivity index (χ1v) is 9.07. The van der Waals surface area contributed by atoms with Gasteiger partial charge in [0.2, 0.25) is 5.91 Å². The van der Waals surface area contributed by atoms with E-state index in [0.29, 0.717) is 22.8 Å². The first-order chi connectivity index (χ1) is 13.5. The Bertz CT molecular complexity index is 861. The second-order valence-corrected chi connectivity index (χ2v) is 6.45. The Kier molecular flexibility index (Phi) is 6.21. The molecule has 1 aliphatic rings. The molecule has 1 saturated heterocycles. The van der Waals surface area contributed by atoms with Crippen molar-refractivity contribution >= 4 is 35.0 Å². The minimum Gasteiger partial charge on any atom is -0.452 e. The molecule has 0 aliphatic carbocycles. The SMILES string of the molecule is CC(=O)Nc1ccc(NC(=O)COC(=O)c2cccnc2N2CCCC2)cc1. The average molecular weight is 382 g/mol. The van der Waals surface area contributed by atoms with Crippen LogP contribution in [0.3, 0.4) is 0 Å². The van der Waals surface area contributed by atoms with E-state index in [1.807, 2.05) is 4.90 Å². The van der Waals surface area contributed by atoms with E-state index < -0.39 is 18.5 Å². The second kappa shape index (κ2) is 8.98. The van der Waals surface area contributed by atoms with Gasteiger partial charge in [0.1, 0.15) is 11.4 Å². The van der Waals surface area contributed by atoms with E-state index in [1.165, 1.54) is 6.92 Å². The Morgan fingerprint density at radius 2 is 1.68 bits per heavy atom. The van der Waals surface area contributed by atoms with Gasteiger partial charge in [-0.3, -0.25) is 9.59 Å². The Labute approximate surface area is 162 Å². The molecule has 28 heavy (non-hydrogen) atoms. The van der Waals surface area contributed by atoms with Crippen molar-refractivity contribution in [2.45, 2.75) is 19.8 Å². The number of ether oxygens (including phenoxy) is 1. The monoisotopic (exact) mass is 382 g/mol. The van der Waals surface area contributed by atoms with Gasteiger partial charge in [0.25, 0.3) is 5.91 Å². The number of nitrogens with one attached hydrogen (secondary N) is 2. The maximum atomic E-state index is 12.4. The molecule has 2 heterocycles. The fourth-order valence-electron chi connectivity index (χ4n) is 2.98. The molecule has 0 bridgehead atoms. The fraction of sp³-hybridized carbons (Fsp3) is 0.300. The normalized spacial score (nSPS) is 13.1. The van der Waals surface area contributed by atoms with E-state index in [-0.39, 0.29) is 5.91 Å². The third-order valence-electron chi connectivity index (χ3n) is 4.24. The number of carbonyl (C=O) groups excluding carboxylic acids is 3. The van der Waals surface area contributed by atoms with E-state index in [1.54, 1.807) is 42.6 Å². The van der Waals surface area contributed by atoms with Crippen LogP contribution in [0, 0.1) is 0 Å². The fourth-order valence-corrected chi connectivity index (χ4v) is 2.98. The van der Waals surface area contributed by atoms with Crippen molar-refractivity contribution in [3.8, 4) is 0 Å². The highest BCUT2D eigenvalue weighted by atomic mass is 16.5. The first kappa shape index (κ1) is 19.3. The maximum absolute atomic E-state index is 12.4. The van der Waals surface area contributed by atoms with Crippen LogP contribution in [-0.4, -0.2) is 42.5 Å². The summed E-state index contributed by atoms with van der Waals surface area (Å²) < 4.78 is 5.16. The Morgan fingerprint density at radius 3 is 2.32 bits per heavy atom. The molecule has 0 radical (unpaired) electrons. The summed E-state index contributed by atoms with van der Waals surface area (Å²) in [5.41, 5.74) is 1.52. The van der Waals surface area contributed by atoms with Gasteiger partial charge in [0.05, 0.1) is 0 Å². The predicted molar refractivity (Wildman–Crippen MR) is 105 cm³/mol. The molecule has 2 amide bonds. The van der Waals surface area contributed by atoms with Crippen LogP contribution < -0.4 is 15.5 Å². The third-order valence-corrected chi connectivity index (χ3v) is 4.24. The Morgan fingerprint density at radius 1 is 1.04 bits per heavy atom. The molecule has 3 rings (SSSR count). The molecular weight excluding hydrogens is 360 g/mol. The number of aromatic nitrogens is 1. The van der Waals surface area contributed by atoms with Crippen LogP contribution in [0.15, 0.2) is 42.6 Å². The van der Waals surface area contributed by atoms with Gasteiger partial charge in [0, 0.05) is 37.6 Å². The van der Waals surface area contributed by atoms with Gasteiger partial charge in [-0.15, -0.1) is 0 Å². The van der Waals surface area contributed by atoms with Crippen LogP contribution in [-0.2, 0) is 14.3 Å². The van der Waals surface area contributed by atoms with Gasteiger partial charge in [-0.05, 0) is 49.2 Å². The number of pyridine rings is 1. The summed E-state index contributed by atoms with van der Waals surface area (Å²) in [5.74, 6) is -0.607. The number of esters is 1. The lowest BCUT2D eigenvalue weighted by atomic mass is 10.2. The lowest BCUT2D eigenvalue weighted by molar-refractivity contribution is -0.119. The third kappa shape index (κ3) is 5.06. The number of nitrogens with zero attached hydrogens (tertiary/aromatic N) is 2. The minimum atomic E-state index is -0.578. The summed E-state index contributed by atoms with van der Waals surface area (Å²) in [6.07, 6.45) is 3.77. The zero-order valence-electron chi connectivity index (χ0n) is 15.6. The molecule has 8 nitrogen and oxygen atoms in total. The summed E-state index contributed by atoms with van der Waals surface area (Å²) in [6.45, 7) is 2.72. The number of anilines is 3. The zero-order chi connectivity index (χ0) is 19.9. The minimum absolute atomic E-state index is 0.174. The van der Waals surface area contributed by atoms with Crippen LogP contribution in [0.1, 0.15) is 30.1 Å². The molecule has 1 aromatic carbocycles. The maximum Gasteiger partial charge on any atom is 0.342 e. The van der Waals surface area contributed by atoms with Gasteiger partial charge in [-0.25, -0.2) is 9.78 Å². The van der Waals surface area contributed by atoms with Gasteiger partial charge in [0.15, 0.2) is 6.61 Å². The lowest BCUT2D eigenvalue weighted by Gasteiger charge is -2.18. The van der Waals surface area contributed by atoms with E-state index >= 15 is 0 Å². The number of carbonyl (C=O) groups is 3. The van der Waals surface area contributed by atoms with Crippen molar-refractivity contribution < 1.29 is 19.1 Å². The van der Waals surface area contributed by atoms with E-state index in [2.05, 4.69) is 15.6 Å². The molecule has 146 valence electrons. The van der Waals surface area contributed by atoms with Crippen molar-refractivity contribution in [2.75, 3.05) is 35.2 Å². The molecule has 8 heteroatoms. The molecule has 1 aliphatic heterocycles. The average Bonchev–Trinajstić information content (AvgIpc) is 3.22. The molecular formula is C20H22N4O4. The van der Waals surface area contributed by atoms with Crippen LogP contribution in [0.4, 0.5) is 17.2 Å². The molecule has 2 N–H and O–H groups in total. The summed E-state index contributed by atoms with van der Waals surface area (Å²) >= 11 is 0. The summed E-state index contributed by atoms with van der Waals surface area (Å²) in [5, 5.41) is 5.29. The predicted octanol–water partition coefficient (Wildman–Crippen LogP) is 2.44. The zero-order valence-corrected chi connectivity index (χ0v) is 15.6. The molecule has 0 unspecified atom stereocenters. The smallest absolute Gasteiger partial charge is 0.342 e. The topological polar surface area (TPSA) is 101 Å². The van der Waals surface area contributed by atoms with Crippen molar-refractivity contribution in [3.63, 3.8) is 0 Å². The number of rotatable bonds is 6. The Hall–Kier alpha value is -3.42. The summed E-state index contributed by atoms with van der Waals surface area (Å²) in [4.78, 5) is 41.8. The first-order valence-electron chi connectivity index (χ1n) is 9.07. The molecule has 2 aromatic rings. The molecule has 0 saturated carbocycles. The van der Waals surface area contributed by atoms with Gasteiger partial charge < -0.3 is 20.3 Å². The van der Waals surface area contributed by atoms with Crippen molar-refractivity contribution in [1.82, 2.24) is 4.98 Å². The van der Waals surface area contributed by atoms with Crippen LogP contribution in [0.25, 0.3) is 0 Å². The highest BCUT2D eigenvalue weighted by Gasteiger charge is 2.22. The van der Waals surface area contributed by atoms with Crippen molar-refractivity contribution in [1.29, 1.82) is 0 Å². The van der Waals surface area contributed by atoms with Gasteiger partial charge >= 0.3 is 5.97 Å².